The number of benzene rings is 1. The van der Waals surface area contributed by atoms with Crippen molar-refractivity contribution in [2.24, 2.45) is 5.73 Å². The third-order valence-electron chi connectivity index (χ3n) is 2.78. The summed E-state index contributed by atoms with van der Waals surface area (Å²) in [6.45, 7) is 8.07. The molecule has 3 N–H and O–H groups in total. The second kappa shape index (κ2) is 6.81. The van der Waals surface area contributed by atoms with Crippen LogP contribution in [0, 0.1) is 6.92 Å². The number of amides is 1. The zero-order valence-corrected chi connectivity index (χ0v) is 12.3. The van der Waals surface area contributed by atoms with Crippen molar-refractivity contribution in [2.75, 3.05) is 5.32 Å². The summed E-state index contributed by atoms with van der Waals surface area (Å²) in [5.41, 5.74) is 7.44. The summed E-state index contributed by atoms with van der Waals surface area (Å²) in [4.78, 5) is 12.8. The number of hydrogen-bond acceptors (Lipinski definition) is 3. The van der Waals surface area contributed by atoms with E-state index in [4.69, 9.17) is 5.73 Å². The highest BCUT2D eigenvalue weighted by Gasteiger charge is 2.10. The minimum atomic E-state index is -0.487. The maximum absolute atomic E-state index is 11.5. The van der Waals surface area contributed by atoms with E-state index in [1.54, 1.807) is 6.92 Å². The number of rotatable bonds is 5. The molecule has 0 aromatic heterocycles. The SMILES string of the molecule is CCC(C)Sc1ccc(NC(=O)[C@H](C)N)c(C)c1. The highest BCUT2D eigenvalue weighted by atomic mass is 32.2. The van der Waals surface area contributed by atoms with Gasteiger partial charge in [-0.1, -0.05) is 13.8 Å². The summed E-state index contributed by atoms with van der Waals surface area (Å²) in [6, 6.07) is 5.60. The maximum Gasteiger partial charge on any atom is 0.241 e. The van der Waals surface area contributed by atoms with Gasteiger partial charge in [-0.15, -0.1) is 11.8 Å². The minimum absolute atomic E-state index is 0.152. The first-order valence-corrected chi connectivity index (χ1v) is 7.15. The molecule has 1 aromatic carbocycles. The van der Waals surface area contributed by atoms with Gasteiger partial charge in [-0.3, -0.25) is 4.79 Å². The molecule has 4 heteroatoms. The minimum Gasteiger partial charge on any atom is -0.325 e. The van der Waals surface area contributed by atoms with E-state index < -0.39 is 6.04 Å². The Kier molecular flexibility index (Phi) is 5.69. The first-order valence-electron chi connectivity index (χ1n) is 6.27. The summed E-state index contributed by atoms with van der Waals surface area (Å²) in [6.07, 6.45) is 1.15. The smallest absolute Gasteiger partial charge is 0.241 e. The number of carbonyl (C=O) groups excluding carboxylic acids is 1. The van der Waals surface area contributed by atoms with E-state index in [9.17, 15) is 4.79 Å². The molecule has 2 atom stereocenters. The number of nitrogens with two attached hydrogens (primary N) is 1. The highest BCUT2D eigenvalue weighted by Crippen LogP contribution is 2.28. The fourth-order valence-electron chi connectivity index (χ4n) is 1.41. The fraction of sp³-hybridized carbons (Fsp3) is 0.500. The summed E-state index contributed by atoms with van der Waals surface area (Å²) in [5, 5.41) is 3.44. The van der Waals surface area contributed by atoms with Crippen LogP contribution in [0.15, 0.2) is 23.1 Å². The number of nitrogens with one attached hydrogen (secondary N) is 1. The van der Waals surface area contributed by atoms with Gasteiger partial charge in [-0.05, 0) is 44.0 Å². The topological polar surface area (TPSA) is 55.1 Å². The van der Waals surface area contributed by atoms with Gasteiger partial charge in [-0.2, -0.15) is 0 Å². The molecule has 0 saturated carbocycles. The lowest BCUT2D eigenvalue weighted by Gasteiger charge is -2.13. The first kappa shape index (κ1) is 15.1. The van der Waals surface area contributed by atoms with Gasteiger partial charge in [0.2, 0.25) is 5.91 Å². The molecule has 100 valence electrons. The van der Waals surface area contributed by atoms with Gasteiger partial charge in [0.1, 0.15) is 0 Å². The van der Waals surface area contributed by atoms with Crippen LogP contribution in [-0.2, 0) is 4.79 Å². The van der Waals surface area contributed by atoms with Crippen molar-refractivity contribution in [3.05, 3.63) is 23.8 Å². The zero-order valence-electron chi connectivity index (χ0n) is 11.5. The predicted octanol–water partition coefficient (Wildman–Crippen LogP) is 3.17. The third-order valence-corrected chi connectivity index (χ3v) is 4.04. The number of anilines is 1. The molecule has 0 radical (unpaired) electrons. The van der Waals surface area contributed by atoms with Crippen molar-refractivity contribution >= 4 is 23.4 Å². The van der Waals surface area contributed by atoms with Gasteiger partial charge >= 0.3 is 0 Å². The van der Waals surface area contributed by atoms with Gasteiger partial charge in [0, 0.05) is 15.8 Å². The monoisotopic (exact) mass is 266 g/mol. The molecule has 1 aromatic rings. The van der Waals surface area contributed by atoms with Gasteiger partial charge in [0.25, 0.3) is 0 Å². The molecule has 0 fully saturated rings. The fourth-order valence-corrected chi connectivity index (χ4v) is 2.43. The van der Waals surface area contributed by atoms with Crippen LogP contribution in [0.2, 0.25) is 0 Å². The van der Waals surface area contributed by atoms with Gasteiger partial charge in [0.15, 0.2) is 0 Å². The van der Waals surface area contributed by atoms with Crippen molar-refractivity contribution in [3.63, 3.8) is 0 Å². The second-order valence-electron chi connectivity index (χ2n) is 4.59. The number of carbonyl (C=O) groups is 1. The first-order chi connectivity index (χ1) is 8.43. The Balaban J connectivity index is 2.76. The van der Waals surface area contributed by atoms with E-state index in [0.29, 0.717) is 5.25 Å². The molecule has 0 aliphatic rings. The lowest BCUT2D eigenvalue weighted by atomic mass is 10.2. The highest BCUT2D eigenvalue weighted by molar-refractivity contribution is 7.99. The summed E-state index contributed by atoms with van der Waals surface area (Å²) < 4.78 is 0. The number of aryl methyl sites for hydroxylation is 1. The Labute approximate surface area is 114 Å². The molecule has 1 rings (SSSR count). The Morgan fingerprint density at radius 1 is 1.44 bits per heavy atom. The predicted molar refractivity (Wildman–Crippen MR) is 79.1 cm³/mol. The van der Waals surface area contributed by atoms with Crippen LogP contribution < -0.4 is 11.1 Å². The van der Waals surface area contributed by atoms with Gasteiger partial charge in [0.05, 0.1) is 6.04 Å². The molecule has 0 spiro atoms. The van der Waals surface area contributed by atoms with Gasteiger partial charge in [-0.25, -0.2) is 0 Å². The van der Waals surface area contributed by atoms with Crippen molar-refractivity contribution in [1.29, 1.82) is 0 Å². The van der Waals surface area contributed by atoms with Gasteiger partial charge < -0.3 is 11.1 Å². The molecule has 0 aliphatic carbocycles. The average Bonchev–Trinajstić information content (AvgIpc) is 2.32. The average molecular weight is 266 g/mol. The molecule has 3 nitrogen and oxygen atoms in total. The second-order valence-corrected chi connectivity index (χ2v) is 6.10. The summed E-state index contributed by atoms with van der Waals surface area (Å²) in [7, 11) is 0. The largest absolute Gasteiger partial charge is 0.325 e. The summed E-state index contributed by atoms with van der Waals surface area (Å²) in [5.74, 6) is -0.152. The van der Waals surface area contributed by atoms with Crippen molar-refractivity contribution in [3.8, 4) is 0 Å². The van der Waals surface area contributed by atoms with E-state index in [0.717, 1.165) is 17.7 Å². The molecule has 18 heavy (non-hydrogen) atoms. The summed E-state index contributed by atoms with van der Waals surface area (Å²) >= 11 is 1.85. The molecule has 1 unspecified atom stereocenters. The number of hydrogen-bond donors (Lipinski definition) is 2. The van der Waals surface area contributed by atoms with Crippen LogP contribution in [0.5, 0.6) is 0 Å². The molecular weight excluding hydrogens is 244 g/mol. The standard InChI is InChI=1S/C14H22N2OS/c1-5-10(3)18-12-6-7-13(9(2)8-12)16-14(17)11(4)15/h6-8,10-11H,5,15H2,1-4H3,(H,16,17)/t10?,11-/m0/s1. The van der Waals surface area contributed by atoms with Crippen LogP contribution in [0.25, 0.3) is 0 Å². The lowest BCUT2D eigenvalue weighted by molar-refractivity contribution is -0.117. The van der Waals surface area contributed by atoms with Crippen molar-refractivity contribution < 1.29 is 4.79 Å². The molecular formula is C14H22N2OS. The third kappa shape index (κ3) is 4.35. The molecule has 0 heterocycles. The Morgan fingerprint density at radius 2 is 2.11 bits per heavy atom. The van der Waals surface area contributed by atoms with Crippen LogP contribution in [0.4, 0.5) is 5.69 Å². The maximum atomic E-state index is 11.5. The molecule has 0 saturated heterocycles. The molecule has 1 amide bonds. The number of thioether (sulfide) groups is 1. The normalized spacial score (nSPS) is 14.1. The Bertz CT molecular complexity index is 418. The quantitative estimate of drug-likeness (QED) is 0.805. The van der Waals surface area contributed by atoms with Crippen LogP contribution in [0.3, 0.4) is 0 Å². The zero-order chi connectivity index (χ0) is 13.7. The van der Waals surface area contributed by atoms with E-state index in [-0.39, 0.29) is 5.91 Å². The lowest BCUT2D eigenvalue weighted by Crippen LogP contribution is -2.32. The van der Waals surface area contributed by atoms with E-state index >= 15 is 0 Å². The Hall–Kier alpha value is -1.00. The van der Waals surface area contributed by atoms with Crippen molar-refractivity contribution in [1.82, 2.24) is 0 Å². The van der Waals surface area contributed by atoms with Crippen LogP contribution >= 0.6 is 11.8 Å². The van der Waals surface area contributed by atoms with Crippen LogP contribution in [-0.4, -0.2) is 17.2 Å². The van der Waals surface area contributed by atoms with E-state index in [1.807, 2.05) is 30.8 Å². The van der Waals surface area contributed by atoms with Crippen LogP contribution in [0.1, 0.15) is 32.8 Å². The van der Waals surface area contributed by atoms with E-state index in [2.05, 4.69) is 25.2 Å². The van der Waals surface area contributed by atoms with Crippen molar-refractivity contribution in [2.45, 2.75) is 50.3 Å². The molecule has 0 bridgehead atoms. The van der Waals surface area contributed by atoms with E-state index in [1.165, 1.54) is 4.90 Å². The Morgan fingerprint density at radius 3 is 2.61 bits per heavy atom. The molecule has 0 aliphatic heterocycles.